The van der Waals surface area contributed by atoms with Gasteiger partial charge in [-0.25, -0.2) is 0 Å². The molecule has 0 spiro atoms. The average Bonchev–Trinajstić information content (AvgIpc) is 2.34. The number of piperidine rings is 1. The van der Waals surface area contributed by atoms with Crippen LogP contribution >= 0.6 is 0 Å². The average molecular weight is 252 g/mol. The van der Waals surface area contributed by atoms with Gasteiger partial charge >= 0.3 is 0 Å². The van der Waals surface area contributed by atoms with E-state index in [2.05, 4.69) is 18.7 Å². The highest BCUT2D eigenvalue weighted by Gasteiger charge is 2.29. The molecule has 2 heteroatoms. The summed E-state index contributed by atoms with van der Waals surface area (Å²) in [7, 11) is 0. The van der Waals surface area contributed by atoms with E-state index in [0.717, 1.165) is 18.4 Å². The van der Waals surface area contributed by atoms with Crippen LogP contribution in [-0.2, 0) is 0 Å². The summed E-state index contributed by atoms with van der Waals surface area (Å²) in [6, 6.07) is 0. The van der Waals surface area contributed by atoms with E-state index in [1.165, 1.54) is 64.6 Å². The molecule has 2 nitrogen and oxygen atoms in total. The second-order valence-electron chi connectivity index (χ2n) is 7.48. The van der Waals surface area contributed by atoms with Gasteiger partial charge in [0.05, 0.1) is 0 Å². The molecule has 2 atom stereocenters. The zero-order valence-corrected chi connectivity index (χ0v) is 12.5. The Morgan fingerprint density at radius 1 is 1.11 bits per heavy atom. The fraction of sp³-hybridized carbons (Fsp3) is 1.00. The molecule has 2 N–H and O–H groups in total. The van der Waals surface area contributed by atoms with Gasteiger partial charge in [-0.3, -0.25) is 0 Å². The number of likely N-dealkylation sites (tertiary alicyclic amines) is 1. The van der Waals surface area contributed by atoms with Crippen molar-refractivity contribution in [3.05, 3.63) is 0 Å². The molecule has 1 saturated carbocycles. The Hall–Kier alpha value is -0.0800. The Bertz CT molecular complexity index is 237. The first-order chi connectivity index (χ1) is 8.59. The van der Waals surface area contributed by atoms with Gasteiger partial charge in [0.1, 0.15) is 0 Å². The molecule has 1 saturated heterocycles. The van der Waals surface area contributed by atoms with Crippen LogP contribution in [0.4, 0.5) is 0 Å². The van der Waals surface area contributed by atoms with Gasteiger partial charge in [-0.1, -0.05) is 26.7 Å². The van der Waals surface area contributed by atoms with E-state index in [4.69, 9.17) is 5.73 Å². The molecule has 18 heavy (non-hydrogen) atoms. The third-order valence-corrected chi connectivity index (χ3v) is 5.05. The van der Waals surface area contributed by atoms with Crippen LogP contribution in [-0.4, -0.2) is 31.1 Å². The number of fused-ring (bicyclic) bond motifs is 2. The molecule has 106 valence electrons. The predicted octanol–water partition coefficient (Wildman–Crippen LogP) is 3.26. The summed E-state index contributed by atoms with van der Waals surface area (Å²) in [6.07, 6.45) is 9.99. The van der Waals surface area contributed by atoms with E-state index in [9.17, 15) is 0 Å². The van der Waals surface area contributed by atoms with E-state index >= 15 is 0 Å². The van der Waals surface area contributed by atoms with Crippen molar-refractivity contribution in [2.24, 2.45) is 23.0 Å². The van der Waals surface area contributed by atoms with Gasteiger partial charge in [0.15, 0.2) is 0 Å². The Kier molecular flexibility index (Phi) is 5.08. The van der Waals surface area contributed by atoms with Crippen LogP contribution in [0.15, 0.2) is 0 Å². The first-order valence-corrected chi connectivity index (χ1v) is 8.01. The van der Waals surface area contributed by atoms with Crippen LogP contribution in [0.3, 0.4) is 0 Å². The maximum atomic E-state index is 5.78. The van der Waals surface area contributed by atoms with Crippen LogP contribution in [0.2, 0.25) is 0 Å². The number of nitrogens with zero attached hydrogens (tertiary/aromatic N) is 1. The van der Waals surface area contributed by atoms with Crippen LogP contribution < -0.4 is 5.73 Å². The van der Waals surface area contributed by atoms with Crippen molar-refractivity contribution in [3.8, 4) is 0 Å². The SMILES string of the molecule is CC(C)(CN)CCCCN1CC2CCCC(C2)C1. The summed E-state index contributed by atoms with van der Waals surface area (Å²) >= 11 is 0. The number of rotatable bonds is 6. The molecule has 2 unspecified atom stereocenters. The number of nitrogens with two attached hydrogens (primary N) is 1. The lowest BCUT2D eigenvalue weighted by atomic mass is 9.78. The maximum absolute atomic E-state index is 5.78. The minimum atomic E-state index is 0.346. The second kappa shape index (κ2) is 6.38. The van der Waals surface area contributed by atoms with Gasteiger partial charge in [0, 0.05) is 13.1 Å². The van der Waals surface area contributed by atoms with Gasteiger partial charge in [-0.15, -0.1) is 0 Å². The van der Waals surface area contributed by atoms with Crippen LogP contribution in [0.1, 0.15) is 58.8 Å². The smallest absolute Gasteiger partial charge is 0.000988 e. The zero-order valence-electron chi connectivity index (χ0n) is 12.5. The molecule has 2 fully saturated rings. The van der Waals surface area contributed by atoms with Crippen molar-refractivity contribution in [1.82, 2.24) is 4.90 Å². The largest absolute Gasteiger partial charge is 0.330 e. The molecule has 2 aliphatic rings. The van der Waals surface area contributed by atoms with Gasteiger partial charge < -0.3 is 10.6 Å². The topological polar surface area (TPSA) is 29.3 Å². The van der Waals surface area contributed by atoms with Crippen molar-refractivity contribution in [3.63, 3.8) is 0 Å². The van der Waals surface area contributed by atoms with Crippen molar-refractivity contribution in [1.29, 1.82) is 0 Å². The second-order valence-corrected chi connectivity index (χ2v) is 7.48. The molecule has 0 aromatic rings. The maximum Gasteiger partial charge on any atom is 0.000988 e. The standard InChI is InChI=1S/C16H32N2/c1-16(2,13-17)8-3-4-9-18-11-14-6-5-7-15(10-14)12-18/h14-15H,3-13,17H2,1-2H3. The first kappa shape index (κ1) is 14.3. The Balaban J connectivity index is 1.62. The number of hydrogen-bond acceptors (Lipinski definition) is 2. The Morgan fingerprint density at radius 3 is 2.39 bits per heavy atom. The molecule has 2 rings (SSSR count). The predicted molar refractivity (Wildman–Crippen MR) is 78.6 cm³/mol. The molecular formula is C16H32N2. The monoisotopic (exact) mass is 252 g/mol. The Labute approximate surface area is 113 Å². The minimum absolute atomic E-state index is 0.346. The van der Waals surface area contributed by atoms with E-state index in [-0.39, 0.29) is 0 Å². The lowest BCUT2D eigenvalue weighted by Gasteiger charge is -2.41. The van der Waals surface area contributed by atoms with Gasteiger partial charge in [0.25, 0.3) is 0 Å². The highest BCUT2D eigenvalue weighted by atomic mass is 15.1. The first-order valence-electron chi connectivity index (χ1n) is 8.01. The van der Waals surface area contributed by atoms with Crippen molar-refractivity contribution >= 4 is 0 Å². The van der Waals surface area contributed by atoms with E-state index in [0.29, 0.717) is 5.41 Å². The fourth-order valence-electron chi connectivity index (χ4n) is 3.76. The summed E-state index contributed by atoms with van der Waals surface area (Å²) in [4.78, 5) is 2.74. The molecule has 1 heterocycles. The molecular weight excluding hydrogens is 220 g/mol. The summed E-state index contributed by atoms with van der Waals surface area (Å²) in [5.41, 5.74) is 6.13. The van der Waals surface area contributed by atoms with E-state index in [1.807, 2.05) is 0 Å². The lowest BCUT2D eigenvalue weighted by Crippen LogP contribution is -2.43. The zero-order chi connectivity index (χ0) is 13.0. The van der Waals surface area contributed by atoms with Crippen LogP contribution in [0.5, 0.6) is 0 Å². The summed E-state index contributed by atoms with van der Waals surface area (Å²) in [5, 5.41) is 0. The quantitative estimate of drug-likeness (QED) is 0.735. The van der Waals surface area contributed by atoms with Crippen molar-refractivity contribution in [2.45, 2.75) is 58.8 Å². The summed E-state index contributed by atoms with van der Waals surface area (Å²) in [6.45, 7) is 9.50. The molecule has 1 aliphatic heterocycles. The molecule has 0 radical (unpaired) electrons. The summed E-state index contributed by atoms with van der Waals surface area (Å²) < 4.78 is 0. The van der Waals surface area contributed by atoms with Crippen molar-refractivity contribution < 1.29 is 0 Å². The van der Waals surface area contributed by atoms with Gasteiger partial charge in [0.2, 0.25) is 0 Å². The molecule has 0 amide bonds. The minimum Gasteiger partial charge on any atom is -0.330 e. The third-order valence-electron chi connectivity index (χ3n) is 5.05. The molecule has 2 bridgehead atoms. The molecule has 0 aromatic carbocycles. The van der Waals surface area contributed by atoms with Crippen LogP contribution in [0, 0.1) is 17.3 Å². The number of unbranched alkanes of at least 4 members (excludes halogenated alkanes) is 1. The normalized spacial score (nSPS) is 29.5. The Morgan fingerprint density at radius 2 is 1.78 bits per heavy atom. The van der Waals surface area contributed by atoms with Gasteiger partial charge in [-0.2, -0.15) is 0 Å². The molecule has 0 aromatic heterocycles. The van der Waals surface area contributed by atoms with Crippen LogP contribution in [0.25, 0.3) is 0 Å². The fourth-order valence-corrected chi connectivity index (χ4v) is 3.76. The molecule has 1 aliphatic carbocycles. The lowest BCUT2D eigenvalue weighted by molar-refractivity contribution is 0.0841. The van der Waals surface area contributed by atoms with Gasteiger partial charge in [-0.05, 0) is 62.4 Å². The van der Waals surface area contributed by atoms with E-state index in [1.54, 1.807) is 0 Å². The van der Waals surface area contributed by atoms with Crippen molar-refractivity contribution in [2.75, 3.05) is 26.2 Å². The highest BCUT2D eigenvalue weighted by Crippen LogP contribution is 2.34. The summed E-state index contributed by atoms with van der Waals surface area (Å²) in [5.74, 6) is 2.05. The number of hydrogen-bond donors (Lipinski definition) is 1. The van der Waals surface area contributed by atoms with E-state index < -0.39 is 0 Å². The highest BCUT2D eigenvalue weighted by molar-refractivity contribution is 4.83. The third kappa shape index (κ3) is 4.24.